The van der Waals surface area contributed by atoms with Gasteiger partial charge in [-0.2, -0.15) is 0 Å². The number of benzene rings is 2. The van der Waals surface area contributed by atoms with Crippen molar-refractivity contribution in [3.8, 4) is 0 Å². The van der Waals surface area contributed by atoms with Crippen molar-refractivity contribution < 1.29 is 4.42 Å². The van der Waals surface area contributed by atoms with Gasteiger partial charge in [0.1, 0.15) is 0 Å². The van der Waals surface area contributed by atoms with Gasteiger partial charge < -0.3 is 9.73 Å². The third kappa shape index (κ3) is 2.93. The lowest BCUT2D eigenvalue weighted by Gasteiger charge is -2.19. The number of hydrogen-bond donors (Lipinski definition) is 2. The van der Waals surface area contributed by atoms with Crippen molar-refractivity contribution in [1.82, 2.24) is 10.3 Å². The Balaban J connectivity index is 2.12. The molecule has 1 unspecified atom stereocenters. The molecule has 108 valence electrons. The summed E-state index contributed by atoms with van der Waals surface area (Å²) in [6.45, 7) is 0. The quantitative estimate of drug-likeness (QED) is 0.587. The first-order chi connectivity index (χ1) is 10.1. The minimum Gasteiger partial charge on any atom is -0.408 e. The molecule has 4 nitrogen and oxygen atoms in total. The molecule has 2 N–H and O–H groups in total. The van der Waals surface area contributed by atoms with Gasteiger partial charge in [0.2, 0.25) is 0 Å². The van der Waals surface area contributed by atoms with E-state index in [1.165, 1.54) is 3.57 Å². The van der Waals surface area contributed by atoms with Crippen molar-refractivity contribution >= 4 is 49.6 Å². The largest absolute Gasteiger partial charge is 0.417 e. The number of nitrogens with one attached hydrogen (secondary N) is 2. The van der Waals surface area contributed by atoms with Crippen LogP contribution in [0.1, 0.15) is 17.2 Å². The van der Waals surface area contributed by atoms with E-state index in [0.717, 1.165) is 15.6 Å². The number of fused-ring (bicyclic) bond motifs is 1. The molecule has 2 aromatic carbocycles. The molecule has 0 bridgehead atoms. The highest BCUT2D eigenvalue weighted by molar-refractivity contribution is 14.1. The molecule has 21 heavy (non-hydrogen) atoms. The topological polar surface area (TPSA) is 58.0 Å². The van der Waals surface area contributed by atoms with Gasteiger partial charge in [-0.1, -0.05) is 22.0 Å². The summed E-state index contributed by atoms with van der Waals surface area (Å²) in [6.07, 6.45) is 0. The highest BCUT2D eigenvalue weighted by atomic mass is 127. The van der Waals surface area contributed by atoms with Crippen molar-refractivity contribution in [2.24, 2.45) is 0 Å². The third-order valence-electron chi connectivity index (χ3n) is 3.34. The molecule has 1 atom stereocenters. The smallest absolute Gasteiger partial charge is 0.408 e. The molecule has 6 heteroatoms. The number of H-pyrrole nitrogens is 1. The average molecular weight is 459 g/mol. The van der Waals surface area contributed by atoms with E-state index >= 15 is 0 Å². The van der Waals surface area contributed by atoms with E-state index in [-0.39, 0.29) is 6.04 Å². The van der Waals surface area contributed by atoms with Gasteiger partial charge in [-0.05, 0) is 71.1 Å². The molecule has 0 saturated carbocycles. The van der Waals surface area contributed by atoms with Crippen LogP contribution in [0.25, 0.3) is 11.1 Å². The highest BCUT2D eigenvalue weighted by Crippen LogP contribution is 2.31. The second kappa shape index (κ2) is 5.94. The van der Waals surface area contributed by atoms with Crippen molar-refractivity contribution in [3.05, 3.63) is 66.1 Å². The normalized spacial score (nSPS) is 12.7. The predicted molar refractivity (Wildman–Crippen MR) is 94.6 cm³/mol. The molecular weight excluding hydrogens is 447 g/mol. The minimum absolute atomic E-state index is 0.0127. The summed E-state index contributed by atoms with van der Waals surface area (Å²) in [5.74, 6) is -0.432. The standard InChI is InChI=1S/C15H12BrIN2O2/c1-18-14(10-7-9(17)3-4-11(10)16)8-2-5-12-13(6-8)21-15(20)19-12/h2-7,14,18H,1H3,(H,19,20). The predicted octanol–water partition coefficient (Wildman–Crippen LogP) is 3.80. The summed E-state index contributed by atoms with van der Waals surface area (Å²) in [4.78, 5) is 13.9. The third-order valence-corrected chi connectivity index (χ3v) is 4.73. The lowest BCUT2D eigenvalue weighted by molar-refractivity contribution is 0.554. The molecule has 1 heterocycles. The first kappa shape index (κ1) is 14.8. The fourth-order valence-electron chi connectivity index (χ4n) is 2.38. The monoisotopic (exact) mass is 458 g/mol. The van der Waals surface area contributed by atoms with Crippen LogP contribution in [0.3, 0.4) is 0 Å². The Kier molecular flexibility index (Phi) is 4.19. The number of aromatic nitrogens is 1. The van der Waals surface area contributed by atoms with Crippen LogP contribution < -0.4 is 11.1 Å². The minimum atomic E-state index is -0.432. The molecule has 0 aliphatic rings. The van der Waals surface area contributed by atoms with Gasteiger partial charge in [0.15, 0.2) is 5.58 Å². The Hall–Kier alpha value is -1.12. The summed E-state index contributed by atoms with van der Waals surface area (Å²) in [7, 11) is 1.91. The number of oxazole rings is 1. The molecule has 0 amide bonds. The molecular formula is C15H12BrIN2O2. The molecule has 0 saturated heterocycles. The number of halogens is 2. The fraction of sp³-hybridized carbons (Fsp3) is 0.133. The molecule has 0 spiro atoms. The van der Waals surface area contributed by atoms with Gasteiger partial charge in [-0.25, -0.2) is 4.79 Å². The molecule has 0 radical (unpaired) electrons. The molecule has 0 aliphatic heterocycles. The lowest BCUT2D eigenvalue weighted by Crippen LogP contribution is -2.18. The number of rotatable bonds is 3. The van der Waals surface area contributed by atoms with Crippen LogP contribution in [-0.2, 0) is 0 Å². The molecule has 0 fully saturated rings. The van der Waals surface area contributed by atoms with Gasteiger partial charge in [0, 0.05) is 8.04 Å². The van der Waals surface area contributed by atoms with Crippen LogP contribution in [0.4, 0.5) is 0 Å². The molecule has 3 rings (SSSR count). The van der Waals surface area contributed by atoms with Crippen molar-refractivity contribution in [1.29, 1.82) is 0 Å². The summed E-state index contributed by atoms with van der Waals surface area (Å²) < 4.78 is 7.35. The maximum absolute atomic E-state index is 11.3. The summed E-state index contributed by atoms with van der Waals surface area (Å²) in [5.41, 5.74) is 3.46. The average Bonchev–Trinajstić information content (AvgIpc) is 2.83. The van der Waals surface area contributed by atoms with Gasteiger partial charge in [-0.15, -0.1) is 0 Å². The Morgan fingerprint density at radius 2 is 2.10 bits per heavy atom. The number of hydrogen-bond acceptors (Lipinski definition) is 3. The van der Waals surface area contributed by atoms with E-state index in [1.54, 1.807) is 0 Å². The Labute approximate surface area is 143 Å². The highest BCUT2D eigenvalue weighted by Gasteiger charge is 2.16. The van der Waals surface area contributed by atoms with E-state index in [2.05, 4.69) is 61.0 Å². The number of aromatic amines is 1. The molecule has 1 aromatic heterocycles. The second-order valence-electron chi connectivity index (χ2n) is 4.66. The summed E-state index contributed by atoms with van der Waals surface area (Å²) >= 11 is 5.90. The zero-order valence-electron chi connectivity index (χ0n) is 11.1. The van der Waals surface area contributed by atoms with Crippen molar-refractivity contribution in [3.63, 3.8) is 0 Å². The molecule has 3 aromatic rings. The van der Waals surface area contributed by atoms with Crippen molar-refractivity contribution in [2.75, 3.05) is 7.05 Å². The zero-order valence-corrected chi connectivity index (χ0v) is 14.9. The maximum atomic E-state index is 11.3. The van der Waals surface area contributed by atoms with Crippen LogP contribution >= 0.6 is 38.5 Å². The Morgan fingerprint density at radius 1 is 1.29 bits per heavy atom. The first-order valence-corrected chi connectivity index (χ1v) is 8.20. The van der Waals surface area contributed by atoms with Gasteiger partial charge in [-0.3, -0.25) is 4.98 Å². The second-order valence-corrected chi connectivity index (χ2v) is 6.76. The Bertz CT molecular complexity index is 856. The summed E-state index contributed by atoms with van der Waals surface area (Å²) in [5, 5.41) is 3.31. The van der Waals surface area contributed by atoms with Crippen LogP contribution in [0, 0.1) is 3.57 Å². The van der Waals surface area contributed by atoms with Gasteiger partial charge >= 0.3 is 5.76 Å². The van der Waals surface area contributed by atoms with Crippen LogP contribution in [-0.4, -0.2) is 12.0 Å². The van der Waals surface area contributed by atoms with Gasteiger partial charge in [0.25, 0.3) is 0 Å². The van der Waals surface area contributed by atoms with E-state index in [1.807, 2.05) is 31.3 Å². The van der Waals surface area contributed by atoms with Crippen molar-refractivity contribution in [2.45, 2.75) is 6.04 Å². The summed E-state index contributed by atoms with van der Waals surface area (Å²) in [6, 6.07) is 12.0. The van der Waals surface area contributed by atoms with E-state index in [0.29, 0.717) is 11.1 Å². The van der Waals surface area contributed by atoms with Crippen LogP contribution in [0.15, 0.2) is 50.1 Å². The van der Waals surface area contributed by atoms with E-state index < -0.39 is 5.76 Å². The van der Waals surface area contributed by atoms with E-state index in [4.69, 9.17) is 4.42 Å². The van der Waals surface area contributed by atoms with Crippen LogP contribution in [0.5, 0.6) is 0 Å². The first-order valence-electron chi connectivity index (χ1n) is 6.33. The fourth-order valence-corrected chi connectivity index (χ4v) is 3.37. The SMILES string of the molecule is CNC(c1ccc2[nH]c(=O)oc2c1)c1cc(I)ccc1Br. The van der Waals surface area contributed by atoms with E-state index in [9.17, 15) is 4.79 Å². The Morgan fingerprint density at radius 3 is 2.86 bits per heavy atom. The van der Waals surface area contributed by atoms with Crippen LogP contribution in [0.2, 0.25) is 0 Å². The lowest BCUT2D eigenvalue weighted by atomic mass is 9.98. The zero-order chi connectivity index (χ0) is 15.0. The van der Waals surface area contributed by atoms with Gasteiger partial charge in [0.05, 0.1) is 11.6 Å². The maximum Gasteiger partial charge on any atom is 0.417 e. The molecule has 0 aliphatic carbocycles.